The van der Waals surface area contributed by atoms with Gasteiger partial charge < -0.3 is 15.2 Å². The van der Waals surface area contributed by atoms with Gasteiger partial charge in [0.2, 0.25) is 0 Å². The molecule has 0 radical (unpaired) electrons. The van der Waals surface area contributed by atoms with E-state index in [2.05, 4.69) is 26.1 Å². The fraction of sp³-hybridized carbons (Fsp3) is 1.00. The van der Waals surface area contributed by atoms with Crippen LogP contribution in [0.5, 0.6) is 0 Å². The summed E-state index contributed by atoms with van der Waals surface area (Å²) in [6.45, 7) is 7.73. The molecule has 0 bridgehead atoms. The topological polar surface area (TPSA) is 41.5 Å². The molecule has 1 aliphatic carbocycles. The van der Waals surface area contributed by atoms with Crippen molar-refractivity contribution >= 4 is 0 Å². The van der Waals surface area contributed by atoms with Crippen LogP contribution in [0.15, 0.2) is 0 Å². The molecule has 1 saturated carbocycles. The second-order valence-corrected chi connectivity index (χ2v) is 5.71. The first-order valence-electron chi connectivity index (χ1n) is 7.70. The van der Waals surface area contributed by atoms with E-state index in [9.17, 15) is 5.11 Å². The Hall–Kier alpha value is -0.120. The minimum atomic E-state index is -0.375. The molecule has 3 atom stereocenters. The number of aliphatic hydroxyl groups is 1. The van der Waals surface area contributed by atoms with E-state index in [4.69, 9.17) is 4.74 Å². The molecule has 3 heteroatoms. The molecule has 18 heavy (non-hydrogen) atoms. The van der Waals surface area contributed by atoms with E-state index in [1.807, 2.05) is 0 Å². The van der Waals surface area contributed by atoms with Crippen molar-refractivity contribution in [3.63, 3.8) is 0 Å². The van der Waals surface area contributed by atoms with Gasteiger partial charge in [-0.2, -0.15) is 0 Å². The van der Waals surface area contributed by atoms with E-state index in [-0.39, 0.29) is 6.10 Å². The highest BCUT2D eigenvalue weighted by Crippen LogP contribution is 2.26. The summed E-state index contributed by atoms with van der Waals surface area (Å²) in [7, 11) is 0. The third kappa shape index (κ3) is 5.68. The molecule has 3 unspecified atom stereocenters. The van der Waals surface area contributed by atoms with Gasteiger partial charge in [0.25, 0.3) is 0 Å². The predicted molar refractivity (Wildman–Crippen MR) is 75.8 cm³/mol. The number of rotatable bonds is 8. The molecule has 0 aromatic heterocycles. The summed E-state index contributed by atoms with van der Waals surface area (Å²) in [6, 6.07) is 0.522. The highest BCUT2D eigenvalue weighted by atomic mass is 16.5. The molecule has 3 nitrogen and oxygen atoms in total. The highest BCUT2D eigenvalue weighted by molar-refractivity contribution is 4.73. The highest BCUT2D eigenvalue weighted by Gasteiger charge is 2.22. The lowest BCUT2D eigenvalue weighted by atomic mass is 9.88. The SMILES string of the molecule is CCC(CC)NCC(O)COC1CCCCC1C. The second kappa shape index (κ2) is 8.89. The van der Waals surface area contributed by atoms with E-state index in [1.165, 1.54) is 19.3 Å². The van der Waals surface area contributed by atoms with Gasteiger partial charge in [0.05, 0.1) is 18.8 Å². The van der Waals surface area contributed by atoms with Crippen LogP contribution in [0.3, 0.4) is 0 Å². The summed E-state index contributed by atoms with van der Waals surface area (Å²) in [5.74, 6) is 0.651. The maximum absolute atomic E-state index is 9.92. The molecule has 0 aromatic rings. The average Bonchev–Trinajstić information content (AvgIpc) is 2.39. The van der Waals surface area contributed by atoms with E-state index >= 15 is 0 Å². The Morgan fingerprint density at radius 3 is 2.50 bits per heavy atom. The lowest BCUT2D eigenvalue weighted by molar-refractivity contribution is -0.0456. The number of nitrogens with one attached hydrogen (secondary N) is 1. The fourth-order valence-electron chi connectivity index (χ4n) is 2.70. The molecule has 0 spiro atoms. The quantitative estimate of drug-likeness (QED) is 0.702. The molecule has 1 rings (SSSR count). The number of aliphatic hydroxyl groups excluding tert-OH is 1. The first-order chi connectivity index (χ1) is 8.67. The molecule has 0 aromatic carbocycles. The van der Waals surface area contributed by atoms with Gasteiger partial charge in [-0.15, -0.1) is 0 Å². The third-order valence-electron chi connectivity index (χ3n) is 4.16. The number of hydrogen-bond donors (Lipinski definition) is 2. The van der Waals surface area contributed by atoms with Crippen molar-refractivity contribution in [1.82, 2.24) is 5.32 Å². The van der Waals surface area contributed by atoms with Gasteiger partial charge >= 0.3 is 0 Å². The first kappa shape index (κ1) is 15.9. The van der Waals surface area contributed by atoms with Crippen molar-refractivity contribution in [3.8, 4) is 0 Å². The predicted octanol–water partition coefficient (Wildman–Crippen LogP) is 2.72. The maximum Gasteiger partial charge on any atom is 0.0897 e. The van der Waals surface area contributed by atoms with E-state index in [0.29, 0.717) is 31.2 Å². The van der Waals surface area contributed by atoms with Crippen molar-refractivity contribution in [2.24, 2.45) is 5.92 Å². The van der Waals surface area contributed by atoms with Crippen LogP contribution >= 0.6 is 0 Å². The zero-order valence-electron chi connectivity index (χ0n) is 12.3. The normalized spacial score (nSPS) is 26.5. The number of hydrogen-bond acceptors (Lipinski definition) is 3. The van der Waals surface area contributed by atoms with Gasteiger partial charge in [0.15, 0.2) is 0 Å². The molecule has 0 heterocycles. The van der Waals surface area contributed by atoms with Crippen LogP contribution in [0.2, 0.25) is 0 Å². The second-order valence-electron chi connectivity index (χ2n) is 5.71. The Morgan fingerprint density at radius 1 is 1.22 bits per heavy atom. The first-order valence-corrected chi connectivity index (χ1v) is 7.70. The number of ether oxygens (including phenoxy) is 1. The van der Waals surface area contributed by atoms with Crippen molar-refractivity contribution in [2.75, 3.05) is 13.2 Å². The van der Waals surface area contributed by atoms with Crippen LogP contribution in [-0.2, 0) is 4.74 Å². The molecule has 0 amide bonds. The van der Waals surface area contributed by atoms with Crippen LogP contribution in [0.4, 0.5) is 0 Å². The van der Waals surface area contributed by atoms with Crippen molar-refractivity contribution < 1.29 is 9.84 Å². The Kier molecular flexibility index (Phi) is 7.87. The van der Waals surface area contributed by atoms with Crippen molar-refractivity contribution in [2.45, 2.75) is 77.5 Å². The van der Waals surface area contributed by atoms with Gasteiger partial charge in [0.1, 0.15) is 0 Å². The largest absolute Gasteiger partial charge is 0.389 e. The average molecular weight is 257 g/mol. The maximum atomic E-state index is 9.92. The molecular formula is C15H31NO2. The minimum Gasteiger partial charge on any atom is -0.389 e. The van der Waals surface area contributed by atoms with Crippen LogP contribution < -0.4 is 5.32 Å². The van der Waals surface area contributed by atoms with Crippen LogP contribution in [0.1, 0.15) is 59.3 Å². The van der Waals surface area contributed by atoms with Gasteiger partial charge in [-0.1, -0.05) is 33.6 Å². The molecule has 1 aliphatic rings. The summed E-state index contributed by atoms with van der Waals surface area (Å²) in [4.78, 5) is 0. The van der Waals surface area contributed by atoms with Crippen LogP contribution in [0.25, 0.3) is 0 Å². The van der Waals surface area contributed by atoms with Crippen LogP contribution in [-0.4, -0.2) is 36.5 Å². The molecule has 0 aliphatic heterocycles. The minimum absolute atomic E-state index is 0.363. The van der Waals surface area contributed by atoms with Gasteiger partial charge in [-0.25, -0.2) is 0 Å². The van der Waals surface area contributed by atoms with Gasteiger partial charge in [-0.3, -0.25) is 0 Å². The monoisotopic (exact) mass is 257 g/mol. The summed E-state index contributed by atoms with van der Waals surface area (Å²) >= 11 is 0. The van der Waals surface area contributed by atoms with Gasteiger partial charge in [0, 0.05) is 12.6 Å². The summed E-state index contributed by atoms with van der Waals surface area (Å²) < 4.78 is 5.87. The molecule has 108 valence electrons. The standard InChI is InChI=1S/C15H31NO2/c1-4-13(5-2)16-10-14(17)11-18-15-9-7-6-8-12(15)3/h12-17H,4-11H2,1-3H3. The Morgan fingerprint density at radius 2 is 1.89 bits per heavy atom. The van der Waals surface area contributed by atoms with E-state index < -0.39 is 0 Å². The molecule has 1 fully saturated rings. The van der Waals surface area contributed by atoms with E-state index in [1.54, 1.807) is 0 Å². The molecule has 0 saturated heterocycles. The van der Waals surface area contributed by atoms with Crippen LogP contribution in [0, 0.1) is 5.92 Å². The van der Waals surface area contributed by atoms with E-state index in [0.717, 1.165) is 19.3 Å². The lowest BCUT2D eigenvalue weighted by Gasteiger charge is -2.29. The summed E-state index contributed by atoms with van der Waals surface area (Å²) in [6.07, 6.45) is 7.26. The zero-order valence-corrected chi connectivity index (χ0v) is 12.3. The Labute approximate surface area is 112 Å². The van der Waals surface area contributed by atoms with Crippen molar-refractivity contribution in [1.29, 1.82) is 0 Å². The lowest BCUT2D eigenvalue weighted by Crippen LogP contribution is -2.38. The summed E-state index contributed by atoms with van der Waals surface area (Å²) in [5.41, 5.74) is 0. The van der Waals surface area contributed by atoms with Crippen molar-refractivity contribution in [3.05, 3.63) is 0 Å². The molecular weight excluding hydrogens is 226 g/mol. The Balaban J connectivity index is 2.13. The zero-order chi connectivity index (χ0) is 13.4. The smallest absolute Gasteiger partial charge is 0.0897 e. The molecule has 2 N–H and O–H groups in total. The summed E-state index contributed by atoms with van der Waals surface area (Å²) in [5, 5.41) is 13.3. The van der Waals surface area contributed by atoms with Gasteiger partial charge in [-0.05, 0) is 31.6 Å². The fourth-order valence-corrected chi connectivity index (χ4v) is 2.70. The third-order valence-corrected chi connectivity index (χ3v) is 4.16. The Bertz CT molecular complexity index is 207.